The van der Waals surface area contributed by atoms with Crippen LogP contribution in [0.2, 0.25) is 0 Å². The van der Waals surface area contributed by atoms with Gasteiger partial charge in [0.15, 0.2) is 17.1 Å². The smallest absolute Gasteiger partial charge is 0.228 e. The first kappa shape index (κ1) is 12.3. The number of ketones is 1. The third kappa shape index (κ3) is 2.01. The highest BCUT2D eigenvalue weighted by Crippen LogP contribution is 2.29. The van der Waals surface area contributed by atoms with Crippen LogP contribution in [0.15, 0.2) is 52.9 Å². The maximum absolute atomic E-state index is 12.4. The van der Waals surface area contributed by atoms with Gasteiger partial charge in [-0.25, -0.2) is 0 Å². The molecule has 4 nitrogen and oxygen atoms in total. The van der Waals surface area contributed by atoms with Gasteiger partial charge in [-0.15, -0.1) is 0 Å². The first-order valence-electron chi connectivity index (χ1n) is 6.16. The Morgan fingerprint density at radius 3 is 2.60 bits per heavy atom. The highest BCUT2D eigenvalue weighted by molar-refractivity contribution is 6.09. The van der Waals surface area contributed by atoms with Gasteiger partial charge < -0.3 is 14.9 Å². The van der Waals surface area contributed by atoms with Crippen LogP contribution in [0.1, 0.15) is 16.1 Å². The van der Waals surface area contributed by atoms with Crippen LogP contribution < -0.4 is 10.5 Å². The SMILES string of the molecule is COc1cccc2cc(C(=O)c3ccc(N)cc3)oc12. The van der Waals surface area contributed by atoms with Crippen LogP contribution in [0.3, 0.4) is 0 Å². The Morgan fingerprint density at radius 2 is 1.90 bits per heavy atom. The average molecular weight is 267 g/mol. The summed E-state index contributed by atoms with van der Waals surface area (Å²) in [6.07, 6.45) is 0. The summed E-state index contributed by atoms with van der Waals surface area (Å²) in [5.41, 5.74) is 7.35. The molecule has 0 unspecified atom stereocenters. The molecule has 0 aliphatic carbocycles. The Bertz CT molecular complexity index is 772. The predicted octanol–water partition coefficient (Wildman–Crippen LogP) is 3.25. The summed E-state index contributed by atoms with van der Waals surface area (Å²) >= 11 is 0. The van der Waals surface area contributed by atoms with Crippen molar-refractivity contribution in [3.63, 3.8) is 0 Å². The normalized spacial score (nSPS) is 10.7. The molecular formula is C16H13NO3. The molecule has 3 aromatic rings. The molecule has 0 aliphatic rings. The fourth-order valence-electron chi connectivity index (χ4n) is 2.09. The predicted molar refractivity (Wildman–Crippen MR) is 77.1 cm³/mol. The number of hydrogen-bond donors (Lipinski definition) is 1. The number of ether oxygens (including phenoxy) is 1. The van der Waals surface area contributed by atoms with Gasteiger partial charge in [0.05, 0.1) is 7.11 Å². The van der Waals surface area contributed by atoms with Crippen LogP contribution in [0, 0.1) is 0 Å². The third-order valence-corrected chi connectivity index (χ3v) is 3.12. The van der Waals surface area contributed by atoms with E-state index in [-0.39, 0.29) is 11.5 Å². The maximum Gasteiger partial charge on any atom is 0.228 e. The number of carbonyl (C=O) groups excluding carboxylic acids is 1. The van der Waals surface area contributed by atoms with Gasteiger partial charge in [0, 0.05) is 16.6 Å². The fraction of sp³-hybridized carbons (Fsp3) is 0.0625. The molecule has 0 amide bonds. The maximum atomic E-state index is 12.4. The van der Waals surface area contributed by atoms with E-state index in [1.54, 1.807) is 43.5 Å². The molecule has 3 rings (SSSR count). The number of nitrogen functional groups attached to an aromatic ring is 1. The van der Waals surface area contributed by atoms with E-state index in [4.69, 9.17) is 14.9 Å². The zero-order valence-corrected chi connectivity index (χ0v) is 10.9. The van der Waals surface area contributed by atoms with Crippen LogP contribution in [-0.4, -0.2) is 12.9 Å². The van der Waals surface area contributed by atoms with E-state index >= 15 is 0 Å². The molecule has 2 N–H and O–H groups in total. The van der Waals surface area contributed by atoms with Crippen molar-refractivity contribution in [3.05, 3.63) is 59.9 Å². The van der Waals surface area contributed by atoms with Gasteiger partial charge in [0.25, 0.3) is 0 Å². The van der Waals surface area contributed by atoms with Crippen molar-refractivity contribution < 1.29 is 13.9 Å². The zero-order valence-electron chi connectivity index (χ0n) is 10.9. The third-order valence-electron chi connectivity index (χ3n) is 3.12. The van der Waals surface area contributed by atoms with E-state index in [0.717, 1.165) is 5.39 Å². The van der Waals surface area contributed by atoms with Crippen molar-refractivity contribution in [2.24, 2.45) is 0 Å². The van der Waals surface area contributed by atoms with Gasteiger partial charge in [0.1, 0.15) is 0 Å². The number of hydrogen-bond acceptors (Lipinski definition) is 4. The molecule has 0 fully saturated rings. The first-order chi connectivity index (χ1) is 9.69. The lowest BCUT2D eigenvalue weighted by atomic mass is 10.1. The number of nitrogens with two attached hydrogens (primary N) is 1. The lowest BCUT2D eigenvalue weighted by molar-refractivity contribution is 0.101. The molecule has 0 saturated carbocycles. The summed E-state index contributed by atoms with van der Waals surface area (Å²) in [7, 11) is 1.57. The molecule has 0 saturated heterocycles. The second-order valence-electron chi connectivity index (χ2n) is 4.44. The van der Waals surface area contributed by atoms with Crippen molar-refractivity contribution in [1.29, 1.82) is 0 Å². The van der Waals surface area contributed by atoms with E-state index in [9.17, 15) is 4.79 Å². The van der Waals surface area contributed by atoms with Gasteiger partial charge in [-0.2, -0.15) is 0 Å². The molecule has 0 atom stereocenters. The Morgan fingerprint density at radius 1 is 1.15 bits per heavy atom. The number of benzene rings is 2. The molecule has 100 valence electrons. The Labute approximate surface area is 115 Å². The molecular weight excluding hydrogens is 254 g/mol. The summed E-state index contributed by atoms with van der Waals surface area (Å²) in [6.45, 7) is 0. The number of fused-ring (bicyclic) bond motifs is 1. The van der Waals surface area contributed by atoms with Gasteiger partial charge in [0.2, 0.25) is 5.78 Å². The molecule has 0 spiro atoms. The number of anilines is 1. The molecule has 2 aromatic carbocycles. The summed E-state index contributed by atoms with van der Waals surface area (Å²) in [5, 5.41) is 0.836. The second kappa shape index (κ2) is 4.74. The monoisotopic (exact) mass is 267 g/mol. The molecule has 0 radical (unpaired) electrons. The van der Waals surface area contributed by atoms with Crippen LogP contribution in [0.25, 0.3) is 11.0 Å². The number of para-hydroxylation sites is 1. The van der Waals surface area contributed by atoms with Crippen LogP contribution in [0.4, 0.5) is 5.69 Å². The number of furan rings is 1. The lowest BCUT2D eigenvalue weighted by Gasteiger charge is -1.99. The minimum Gasteiger partial charge on any atom is -0.493 e. The molecule has 4 heteroatoms. The molecule has 20 heavy (non-hydrogen) atoms. The molecule has 0 aliphatic heterocycles. The van der Waals surface area contributed by atoms with Gasteiger partial charge in [-0.05, 0) is 36.4 Å². The quantitative estimate of drug-likeness (QED) is 0.584. The van der Waals surface area contributed by atoms with Crippen molar-refractivity contribution in [1.82, 2.24) is 0 Å². The second-order valence-corrected chi connectivity index (χ2v) is 4.44. The van der Waals surface area contributed by atoms with E-state index in [1.807, 2.05) is 12.1 Å². The first-order valence-corrected chi connectivity index (χ1v) is 6.16. The highest BCUT2D eigenvalue weighted by atomic mass is 16.5. The zero-order chi connectivity index (χ0) is 14.1. The van der Waals surface area contributed by atoms with E-state index in [2.05, 4.69) is 0 Å². The summed E-state index contributed by atoms with van der Waals surface area (Å²) in [6, 6.07) is 14.0. The van der Waals surface area contributed by atoms with Gasteiger partial charge in [-0.1, -0.05) is 12.1 Å². The van der Waals surface area contributed by atoms with E-state index in [0.29, 0.717) is 22.6 Å². The van der Waals surface area contributed by atoms with Crippen molar-refractivity contribution >= 4 is 22.4 Å². The highest BCUT2D eigenvalue weighted by Gasteiger charge is 2.16. The number of carbonyl (C=O) groups is 1. The lowest BCUT2D eigenvalue weighted by Crippen LogP contribution is -1.99. The Balaban J connectivity index is 2.06. The Hall–Kier alpha value is -2.75. The Kier molecular flexibility index (Phi) is 2.91. The van der Waals surface area contributed by atoms with Crippen LogP contribution in [0.5, 0.6) is 5.75 Å². The molecule has 0 bridgehead atoms. The van der Waals surface area contributed by atoms with E-state index < -0.39 is 0 Å². The van der Waals surface area contributed by atoms with Crippen molar-refractivity contribution in [2.75, 3.05) is 12.8 Å². The van der Waals surface area contributed by atoms with Crippen LogP contribution in [-0.2, 0) is 0 Å². The molecule has 1 heterocycles. The number of methoxy groups -OCH3 is 1. The minimum absolute atomic E-state index is 0.178. The summed E-state index contributed by atoms with van der Waals surface area (Å²) in [5.74, 6) is 0.719. The van der Waals surface area contributed by atoms with Crippen LogP contribution >= 0.6 is 0 Å². The minimum atomic E-state index is -0.178. The summed E-state index contributed by atoms with van der Waals surface area (Å²) in [4.78, 5) is 12.4. The summed E-state index contributed by atoms with van der Waals surface area (Å²) < 4.78 is 10.9. The van der Waals surface area contributed by atoms with Gasteiger partial charge >= 0.3 is 0 Å². The average Bonchev–Trinajstić information content (AvgIpc) is 2.91. The van der Waals surface area contributed by atoms with E-state index in [1.165, 1.54) is 0 Å². The van der Waals surface area contributed by atoms with Crippen molar-refractivity contribution in [3.8, 4) is 5.75 Å². The fourth-order valence-corrected chi connectivity index (χ4v) is 2.09. The molecule has 1 aromatic heterocycles. The standard InChI is InChI=1S/C16H13NO3/c1-19-13-4-2-3-11-9-14(20-16(11)13)15(18)10-5-7-12(17)8-6-10/h2-9H,17H2,1H3. The topological polar surface area (TPSA) is 65.5 Å². The van der Waals surface area contributed by atoms with Crippen molar-refractivity contribution in [2.45, 2.75) is 0 Å². The number of rotatable bonds is 3. The van der Waals surface area contributed by atoms with Gasteiger partial charge in [-0.3, -0.25) is 4.79 Å². The largest absolute Gasteiger partial charge is 0.493 e.